The Morgan fingerprint density at radius 1 is 1.16 bits per heavy atom. The molecule has 2 heterocycles. The maximum atomic E-state index is 13.2. The number of rotatable bonds is 8. The maximum Gasteiger partial charge on any atom is 0.433 e. The Hall–Kier alpha value is -4.00. The Morgan fingerprint density at radius 2 is 1.87 bits per heavy atom. The molecular formula is C24H23ClF3N5O5. The predicted octanol–water partition coefficient (Wildman–Crippen LogP) is 2.33. The summed E-state index contributed by atoms with van der Waals surface area (Å²) in [6.07, 6.45) is -3.73. The largest absolute Gasteiger partial charge is 0.433 e. The van der Waals surface area contributed by atoms with Crippen molar-refractivity contribution in [2.45, 2.75) is 38.0 Å². The Labute approximate surface area is 219 Å². The molecule has 3 atom stereocenters. The van der Waals surface area contributed by atoms with Gasteiger partial charge in [0, 0.05) is 35.8 Å². The molecule has 1 aliphatic heterocycles. The molecule has 4 amide bonds. The number of hydrogen-bond donors (Lipinski definition) is 4. The molecule has 1 aliphatic rings. The molecule has 1 unspecified atom stereocenters. The van der Waals surface area contributed by atoms with E-state index in [0.29, 0.717) is 12.5 Å². The summed E-state index contributed by atoms with van der Waals surface area (Å²) in [7, 11) is 1.23. The highest BCUT2D eigenvalue weighted by molar-refractivity contribution is 6.38. The van der Waals surface area contributed by atoms with Crippen LogP contribution in [0.5, 0.6) is 0 Å². The molecule has 1 saturated heterocycles. The van der Waals surface area contributed by atoms with E-state index < -0.39 is 47.3 Å². The van der Waals surface area contributed by atoms with Crippen LogP contribution in [0.4, 0.5) is 18.9 Å². The molecule has 0 spiro atoms. The summed E-state index contributed by atoms with van der Waals surface area (Å²) in [6, 6.07) is 3.83. The fourth-order valence-corrected chi connectivity index (χ4v) is 4.10. The van der Waals surface area contributed by atoms with E-state index in [1.807, 2.05) is 0 Å². The van der Waals surface area contributed by atoms with Gasteiger partial charge in [0.15, 0.2) is 0 Å². The second kappa shape index (κ2) is 11.6. The molecule has 0 aliphatic carbocycles. The van der Waals surface area contributed by atoms with Gasteiger partial charge < -0.3 is 21.3 Å². The average molecular weight is 554 g/mol. The Bertz CT molecular complexity index is 1290. The van der Waals surface area contributed by atoms with Gasteiger partial charge in [0.25, 0.3) is 17.7 Å². The lowest BCUT2D eigenvalue weighted by atomic mass is 9.93. The van der Waals surface area contributed by atoms with Crippen molar-refractivity contribution in [1.82, 2.24) is 20.9 Å². The van der Waals surface area contributed by atoms with Crippen LogP contribution in [0.15, 0.2) is 36.5 Å². The number of hydrogen-bond acceptors (Lipinski definition) is 6. The highest BCUT2D eigenvalue weighted by Crippen LogP contribution is 2.28. The van der Waals surface area contributed by atoms with E-state index in [1.165, 1.54) is 25.2 Å². The SMILES string of the molecule is CNC(=O)C(=O)C(C[C@@H]1C[C@@H](C)NC1=O)NC(=O)c1cc(Cl)ccc1NC(=O)c1ccnc(C(F)(F)F)c1. The number of halogens is 4. The number of aromatic nitrogens is 1. The van der Waals surface area contributed by atoms with E-state index in [1.54, 1.807) is 6.92 Å². The lowest BCUT2D eigenvalue weighted by Crippen LogP contribution is -2.48. The van der Waals surface area contributed by atoms with Gasteiger partial charge in [-0.25, -0.2) is 0 Å². The molecule has 1 aromatic heterocycles. The normalized spacial score (nSPS) is 17.8. The Morgan fingerprint density at radius 3 is 2.47 bits per heavy atom. The van der Waals surface area contributed by atoms with Crippen LogP contribution in [-0.4, -0.2) is 53.5 Å². The number of Topliss-reactive ketones (excluding diaryl/α,β-unsaturated/α-hetero) is 1. The zero-order valence-corrected chi connectivity index (χ0v) is 20.9. The summed E-state index contributed by atoms with van der Waals surface area (Å²) in [4.78, 5) is 66.0. The van der Waals surface area contributed by atoms with E-state index in [0.717, 1.165) is 12.3 Å². The number of likely N-dealkylation sites (N-methyl/N-ethyl adjacent to an activating group) is 1. The summed E-state index contributed by atoms with van der Waals surface area (Å²) in [5.74, 6) is -4.83. The maximum absolute atomic E-state index is 13.2. The lowest BCUT2D eigenvalue weighted by Gasteiger charge is -2.20. The van der Waals surface area contributed by atoms with Crippen LogP contribution in [-0.2, 0) is 20.6 Å². The summed E-state index contributed by atoms with van der Waals surface area (Å²) in [5.41, 5.74) is -2.00. The van der Waals surface area contributed by atoms with Crippen LogP contribution in [0.2, 0.25) is 5.02 Å². The van der Waals surface area contributed by atoms with Crippen LogP contribution < -0.4 is 21.3 Å². The molecule has 1 fully saturated rings. The number of nitrogens with zero attached hydrogens (tertiary/aromatic N) is 1. The monoisotopic (exact) mass is 553 g/mol. The van der Waals surface area contributed by atoms with Gasteiger partial charge in [0.2, 0.25) is 11.7 Å². The molecule has 3 rings (SSSR count). The molecule has 38 heavy (non-hydrogen) atoms. The predicted molar refractivity (Wildman–Crippen MR) is 129 cm³/mol. The third-order valence-corrected chi connectivity index (χ3v) is 6.01. The number of alkyl halides is 3. The molecule has 1 aromatic carbocycles. The zero-order chi connectivity index (χ0) is 28.2. The summed E-state index contributed by atoms with van der Waals surface area (Å²) >= 11 is 6.02. The van der Waals surface area contributed by atoms with Gasteiger partial charge in [-0.1, -0.05) is 11.6 Å². The third kappa shape index (κ3) is 6.85. The van der Waals surface area contributed by atoms with Gasteiger partial charge in [0.05, 0.1) is 17.3 Å². The summed E-state index contributed by atoms with van der Waals surface area (Å²) < 4.78 is 39.0. The first-order valence-corrected chi connectivity index (χ1v) is 11.7. The van der Waals surface area contributed by atoms with Crippen LogP contribution in [0, 0.1) is 5.92 Å². The standard InChI is InChI=1S/C24H23ClF3N5O5/c1-11-7-13(21(36)31-11)8-17(19(34)23(38)29-2)33-22(37)15-10-14(25)3-4-16(15)32-20(35)12-5-6-30-18(9-12)24(26,27)28/h3-6,9-11,13,17H,7-8H2,1-2H3,(H,29,38)(H,31,36)(H,32,35)(H,33,37)/t11-,13+,17?/m1/s1. The van der Waals surface area contributed by atoms with Gasteiger partial charge in [-0.2, -0.15) is 13.2 Å². The van der Waals surface area contributed by atoms with Crippen LogP contribution in [0.3, 0.4) is 0 Å². The van der Waals surface area contributed by atoms with E-state index in [4.69, 9.17) is 11.6 Å². The Balaban J connectivity index is 1.86. The lowest BCUT2D eigenvalue weighted by molar-refractivity contribution is -0.141. The van der Waals surface area contributed by atoms with Crippen molar-refractivity contribution >= 4 is 46.7 Å². The van der Waals surface area contributed by atoms with E-state index in [-0.39, 0.29) is 40.2 Å². The smallest absolute Gasteiger partial charge is 0.353 e. The quantitative estimate of drug-likeness (QED) is 0.369. The average Bonchev–Trinajstić information content (AvgIpc) is 3.19. The van der Waals surface area contributed by atoms with Crippen molar-refractivity contribution in [3.05, 3.63) is 58.4 Å². The topological polar surface area (TPSA) is 146 Å². The van der Waals surface area contributed by atoms with Gasteiger partial charge >= 0.3 is 6.18 Å². The minimum Gasteiger partial charge on any atom is -0.353 e. The van der Waals surface area contributed by atoms with Crippen molar-refractivity contribution in [3.63, 3.8) is 0 Å². The number of benzene rings is 1. The van der Waals surface area contributed by atoms with Crippen LogP contribution >= 0.6 is 11.6 Å². The van der Waals surface area contributed by atoms with Gasteiger partial charge in [-0.3, -0.25) is 29.0 Å². The molecule has 10 nitrogen and oxygen atoms in total. The van der Waals surface area contributed by atoms with Crippen LogP contribution in [0.25, 0.3) is 0 Å². The van der Waals surface area contributed by atoms with Gasteiger partial charge in [0.1, 0.15) is 5.69 Å². The number of pyridine rings is 1. The van der Waals surface area contributed by atoms with E-state index >= 15 is 0 Å². The van der Waals surface area contributed by atoms with Gasteiger partial charge in [-0.05, 0) is 50.1 Å². The highest BCUT2D eigenvalue weighted by Gasteiger charge is 2.36. The van der Waals surface area contributed by atoms with Crippen molar-refractivity contribution in [3.8, 4) is 0 Å². The fraction of sp³-hybridized carbons (Fsp3) is 0.333. The number of carbonyl (C=O) groups is 5. The molecule has 2 aromatic rings. The molecule has 4 N–H and O–H groups in total. The number of amides is 4. The number of ketones is 1. The van der Waals surface area contributed by atoms with E-state index in [9.17, 15) is 37.1 Å². The molecule has 0 radical (unpaired) electrons. The number of carbonyl (C=O) groups excluding carboxylic acids is 5. The second-order valence-electron chi connectivity index (χ2n) is 8.62. The Kier molecular flexibility index (Phi) is 8.71. The van der Waals surface area contributed by atoms with Crippen molar-refractivity contribution in [2.24, 2.45) is 5.92 Å². The molecule has 14 heteroatoms. The summed E-state index contributed by atoms with van der Waals surface area (Å²) in [6.45, 7) is 1.77. The van der Waals surface area contributed by atoms with E-state index in [2.05, 4.69) is 26.3 Å². The van der Waals surface area contributed by atoms with Crippen molar-refractivity contribution in [1.29, 1.82) is 0 Å². The highest BCUT2D eigenvalue weighted by atomic mass is 35.5. The molecule has 0 saturated carbocycles. The third-order valence-electron chi connectivity index (χ3n) is 5.78. The second-order valence-corrected chi connectivity index (χ2v) is 9.06. The molecular weight excluding hydrogens is 531 g/mol. The minimum atomic E-state index is -4.78. The van der Waals surface area contributed by atoms with Crippen LogP contribution in [0.1, 0.15) is 46.2 Å². The molecule has 0 bridgehead atoms. The number of nitrogens with one attached hydrogen (secondary N) is 4. The fourth-order valence-electron chi connectivity index (χ4n) is 3.92. The van der Waals surface area contributed by atoms with Gasteiger partial charge in [-0.15, -0.1) is 0 Å². The zero-order valence-electron chi connectivity index (χ0n) is 20.1. The first-order chi connectivity index (χ1) is 17.8. The summed E-state index contributed by atoms with van der Waals surface area (Å²) in [5, 5.41) is 9.74. The number of anilines is 1. The molecule has 202 valence electrons. The van der Waals surface area contributed by atoms with Crippen molar-refractivity contribution in [2.75, 3.05) is 12.4 Å². The van der Waals surface area contributed by atoms with Crippen molar-refractivity contribution < 1.29 is 37.1 Å². The first kappa shape index (κ1) is 28.6. The minimum absolute atomic E-state index is 0.0783. The first-order valence-electron chi connectivity index (χ1n) is 11.3.